The Morgan fingerprint density at radius 1 is 1.06 bits per heavy atom. The van der Waals surface area contributed by atoms with Crippen molar-refractivity contribution in [1.82, 2.24) is 18.7 Å². The maximum absolute atomic E-state index is 13.1. The number of halogens is 2. The third kappa shape index (κ3) is 3.99. The minimum atomic E-state index is -0.442. The second-order valence-corrected chi connectivity index (χ2v) is 7.76. The van der Waals surface area contributed by atoms with Crippen LogP contribution in [0, 0.1) is 0 Å². The molecule has 8 nitrogen and oxygen atoms in total. The Labute approximate surface area is 187 Å². The van der Waals surface area contributed by atoms with Gasteiger partial charge in [-0.05, 0) is 17.7 Å². The van der Waals surface area contributed by atoms with Crippen molar-refractivity contribution in [2.24, 2.45) is 19.2 Å². The normalized spacial score (nSPS) is 11.5. The van der Waals surface area contributed by atoms with Crippen molar-refractivity contribution < 1.29 is 0 Å². The number of rotatable bonds is 5. The van der Waals surface area contributed by atoms with Gasteiger partial charge in [-0.15, -0.1) is 0 Å². The Morgan fingerprint density at radius 3 is 2.52 bits per heavy atom. The van der Waals surface area contributed by atoms with Crippen molar-refractivity contribution >= 4 is 46.5 Å². The lowest BCUT2D eigenvalue weighted by Gasteiger charge is -2.08. The lowest BCUT2D eigenvalue weighted by atomic mass is 10.2. The third-order valence-electron chi connectivity index (χ3n) is 4.87. The number of hydrazone groups is 1. The summed E-state index contributed by atoms with van der Waals surface area (Å²) in [6, 6.07) is 14.4. The first kappa shape index (κ1) is 20.9. The van der Waals surface area contributed by atoms with Crippen molar-refractivity contribution in [2.75, 3.05) is 5.43 Å². The summed E-state index contributed by atoms with van der Waals surface area (Å²) in [7, 11) is 3.26. The van der Waals surface area contributed by atoms with Crippen molar-refractivity contribution in [3.8, 4) is 0 Å². The number of fused-ring (bicyclic) bond motifs is 1. The maximum atomic E-state index is 13.1. The predicted octanol–water partition coefficient (Wildman–Crippen LogP) is 3.23. The summed E-state index contributed by atoms with van der Waals surface area (Å²) in [5.41, 5.74) is 4.01. The van der Waals surface area contributed by atoms with Crippen LogP contribution in [0.2, 0.25) is 10.0 Å². The summed E-state index contributed by atoms with van der Waals surface area (Å²) >= 11 is 12.0. The second kappa shape index (κ2) is 8.41. The van der Waals surface area contributed by atoms with Gasteiger partial charge in [-0.25, -0.2) is 10.2 Å². The fourth-order valence-electron chi connectivity index (χ4n) is 3.21. The van der Waals surface area contributed by atoms with E-state index in [-0.39, 0.29) is 12.2 Å². The maximum Gasteiger partial charge on any atom is 0.332 e. The van der Waals surface area contributed by atoms with E-state index >= 15 is 0 Å². The highest BCUT2D eigenvalue weighted by molar-refractivity contribution is 6.36. The lowest BCUT2D eigenvalue weighted by Crippen LogP contribution is -2.39. The molecule has 0 unspecified atom stereocenters. The SMILES string of the molecule is Cn1c(N/N=C/c2ccc(Cl)cc2Cl)nc2c1c(=O)n(Cc1ccccc1)c(=O)n2C. The average Bonchev–Trinajstić information content (AvgIpc) is 3.08. The fraction of sp³-hybridized carbons (Fsp3) is 0.143. The minimum absolute atomic E-state index is 0.170. The molecule has 0 atom stereocenters. The van der Waals surface area contributed by atoms with Gasteiger partial charge in [-0.2, -0.15) is 10.1 Å². The van der Waals surface area contributed by atoms with Gasteiger partial charge in [-0.1, -0.05) is 59.6 Å². The Balaban J connectivity index is 1.72. The molecule has 31 heavy (non-hydrogen) atoms. The first-order chi connectivity index (χ1) is 14.9. The van der Waals surface area contributed by atoms with Gasteiger partial charge >= 0.3 is 5.69 Å². The number of anilines is 1. The summed E-state index contributed by atoms with van der Waals surface area (Å²) in [5.74, 6) is 0.306. The van der Waals surface area contributed by atoms with E-state index in [4.69, 9.17) is 23.2 Å². The van der Waals surface area contributed by atoms with Gasteiger partial charge < -0.3 is 4.57 Å². The molecule has 2 aromatic carbocycles. The van der Waals surface area contributed by atoms with Crippen LogP contribution in [0.4, 0.5) is 5.95 Å². The van der Waals surface area contributed by atoms with Crippen LogP contribution in [0.15, 0.2) is 63.2 Å². The van der Waals surface area contributed by atoms with E-state index in [1.165, 1.54) is 15.3 Å². The largest absolute Gasteiger partial charge is 0.332 e. The number of aryl methyl sites for hydroxylation is 2. The average molecular weight is 457 g/mol. The summed E-state index contributed by atoms with van der Waals surface area (Å²) in [6.07, 6.45) is 1.52. The van der Waals surface area contributed by atoms with Gasteiger partial charge in [0.05, 0.1) is 17.8 Å². The van der Waals surface area contributed by atoms with Crippen LogP contribution in [-0.4, -0.2) is 24.9 Å². The van der Waals surface area contributed by atoms with Crippen LogP contribution in [-0.2, 0) is 20.6 Å². The Bertz CT molecular complexity index is 1420. The standard InChI is InChI=1S/C21H18Cl2N6O2/c1-27-17-18(25-20(27)26-24-11-14-8-9-15(22)10-16(14)23)28(2)21(31)29(19(17)30)12-13-6-4-3-5-7-13/h3-11H,12H2,1-2H3,(H,25,26)/b24-11+. The molecule has 4 rings (SSSR count). The first-order valence-corrected chi connectivity index (χ1v) is 10.1. The highest BCUT2D eigenvalue weighted by Crippen LogP contribution is 2.19. The van der Waals surface area contributed by atoms with Gasteiger partial charge in [0.1, 0.15) is 0 Å². The zero-order valence-electron chi connectivity index (χ0n) is 16.7. The number of hydrogen-bond acceptors (Lipinski definition) is 5. The number of aromatic nitrogens is 4. The molecule has 158 valence electrons. The summed E-state index contributed by atoms with van der Waals surface area (Å²) in [6.45, 7) is 0.170. The van der Waals surface area contributed by atoms with Crippen LogP contribution < -0.4 is 16.7 Å². The number of hydrogen-bond donors (Lipinski definition) is 1. The van der Waals surface area contributed by atoms with E-state index in [2.05, 4.69) is 15.5 Å². The van der Waals surface area contributed by atoms with Crippen molar-refractivity contribution in [1.29, 1.82) is 0 Å². The molecule has 2 heterocycles. The number of nitrogens with one attached hydrogen (secondary N) is 1. The topological polar surface area (TPSA) is 86.2 Å². The highest BCUT2D eigenvalue weighted by atomic mass is 35.5. The fourth-order valence-corrected chi connectivity index (χ4v) is 3.67. The molecule has 0 fully saturated rings. The molecule has 10 heteroatoms. The van der Waals surface area contributed by atoms with Gasteiger partial charge in [-0.3, -0.25) is 13.9 Å². The molecule has 1 N–H and O–H groups in total. The summed E-state index contributed by atoms with van der Waals surface area (Å²) < 4.78 is 4.11. The van der Waals surface area contributed by atoms with Gasteiger partial charge in [0, 0.05) is 24.7 Å². The summed E-state index contributed by atoms with van der Waals surface area (Å²) in [5, 5.41) is 5.13. The molecule has 0 radical (unpaired) electrons. The van der Waals surface area contributed by atoms with Crippen LogP contribution in [0.1, 0.15) is 11.1 Å². The molecular formula is C21H18Cl2N6O2. The van der Waals surface area contributed by atoms with Crippen molar-refractivity contribution in [3.05, 3.63) is 90.5 Å². The van der Waals surface area contributed by atoms with Crippen LogP contribution in [0.5, 0.6) is 0 Å². The van der Waals surface area contributed by atoms with E-state index in [1.807, 2.05) is 30.3 Å². The quantitative estimate of drug-likeness (QED) is 0.368. The number of benzene rings is 2. The predicted molar refractivity (Wildman–Crippen MR) is 123 cm³/mol. The molecule has 0 spiro atoms. The van der Waals surface area contributed by atoms with Gasteiger partial charge in [0.25, 0.3) is 5.56 Å². The van der Waals surface area contributed by atoms with Crippen molar-refractivity contribution in [3.63, 3.8) is 0 Å². The van der Waals surface area contributed by atoms with Gasteiger partial charge in [0.15, 0.2) is 11.2 Å². The number of nitrogens with zero attached hydrogens (tertiary/aromatic N) is 5. The lowest BCUT2D eigenvalue weighted by molar-refractivity contribution is 0.655. The van der Waals surface area contributed by atoms with E-state index in [0.29, 0.717) is 27.1 Å². The monoisotopic (exact) mass is 456 g/mol. The van der Waals surface area contributed by atoms with Crippen molar-refractivity contribution in [2.45, 2.75) is 6.54 Å². The number of imidazole rings is 1. The molecular weight excluding hydrogens is 439 g/mol. The molecule has 0 aliphatic carbocycles. The smallest absolute Gasteiger partial charge is 0.306 e. The molecule has 0 aliphatic heterocycles. The zero-order chi connectivity index (χ0) is 22.1. The molecule has 0 saturated heterocycles. The molecule has 0 amide bonds. The Hall–Kier alpha value is -3.36. The molecule has 0 saturated carbocycles. The van der Waals surface area contributed by atoms with Crippen LogP contribution in [0.25, 0.3) is 11.2 Å². The van der Waals surface area contributed by atoms with E-state index in [1.54, 1.807) is 36.9 Å². The first-order valence-electron chi connectivity index (χ1n) is 9.31. The Morgan fingerprint density at radius 2 is 1.81 bits per heavy atom. The van der Waals surface area contributed by atoms with E-state index in [0.717, 1.165) is 5.56 Å². The highest BCUT2D eigenvalue weighted by Gasteiger charge is 2.18. The third-order valence-corrected chi connectivity index (χ3v) is 5.44. The molecule has 4 aromatic rings. The van der Waals surface area contributed by atoms with Gasteiger partial charge in [0.2, 0.25) is 5.95 Å². The molecule has 0 bridgehead atoms. The Kier molecular flexibility index (Phi) is 5.67. The van der Waals surface area contributed by atoms with Crippen LogP contribution >= 0.6 is 23.2 Å². The van der Waals surface area contributed by atoms with E-state index < -0.39 is 11.2 Å². The minimum Gasteiger partial charge on any atom is -0.306 e. The summed E-state index contributed by atoms with van der Waals surface area (Å²) in [4.78, 5) is 30.3. The zero-order valence-corrected chi connectivity index (χ0v) is 18.2. The van der Waals surface area contributed by atoms with Crippen LogP contribution in [0.3, 0.4) is 0 Å². The second-order valence-electron chi connectivity index (χ2n) is 6.92. The molecule has 2 aromatic heterocycles. The van der Waals surface area contributed by atoms with E-state index in [9.17, 15) is 9.59 Å². The molecule has 0 aliphatic rings.